The van der Waals surface area contributed by atoms with Gasteiger partial charge in [0.2, 0.25) is 0 Å². The van der Waals surface area contributed by atoms with Crippen LogP contribution >= 0.6 is 0 Å². The Morgan fingerprint density at radius 3 is 2.71 bits per heavy atom. The summed E-state index contributed by atoms with van der Waals surface area (Å²) in [6.07, 6.45) is -1.48. The number of nitrogens with zero attached hydrogens (tertiary/aromatic N) is 1. The van der Waals surface area contributed by atoms with E-state index < -0.39 is 12.6 Å². The summed E-state index contributed by atoms with van der Waals surface area (Å²) >= 11 is 0. The van der Waals surface area contributed by atoms with Gasteiger partial charge in [0.25, 0.3) is 0 Å². The summed E-state index contributed by atoms with van der Waals surface area (Å²) in [5.41, 5.74) is 0. The van der Waals surface area contributed by atoms with Gasteiger partial charge >= 0.3 is 6.18 Å². The molecule has 1 saturated heterocycles. The average Bonchev–Trinajstić information content (AvgIpc) is 2.27. The molecule has 1 fully saturated rings. The van der Waals surface area contributed by atoms with Crippen LogP contribution in [0.1, 0.15) is 39.0 Å². The van der Waals surface area contributed by atoms with Crippen molar-refractivity contribution in [1.82, 2.24) is 10.2 Å². The highest BCUT2D eigenvalue weighted by atomic mass is 19.4. The van der Waals surface area contributed by atoms with Crippen molar-refractivity contribution in [2.75, 3.05) is 20.1 Å². The first kappa shape index (κ1) is 14.8. The number of hydrogen-bond donors (Lipinski definition) is 1. The first-order chi connectivity index (χ1) is 7.92. The summed E-state index contributed by atoms with van der Waals surface area (Å²) in [6, 6.07) is 0.752. The van der Waals surface area contributed by atoms with Crippen LogP contribution in [0.3, 0.4) is 0 Å². The molecule has 0 aromatic rings. The van der Waals surface area contributed by atoms with Gasteiger partial charge in [-0.2, -0.15) is 13.2 Å². The molecule has 0 spiro atoms. The molecule has 2 unspecified atom stereocenters. The Morgan fingerprint density at radius 1 is 1.41 bits per heavy atom. The number of nitrogens with one attached hydrogen (secondary N) is 1. The number of hydrogen-bond acceptors (Lipinski definition) is 2. The summed E-state index contributed by atoms with van der Waals surface area (Å²) in [5.74, 6) is 0. The molecular formula is C12H23F3N2. The molecule has 1 heterocycles. The van der Waals surface area contributed by atoms with Crippen LogP contribution in [-0.4, -0.2) is 43.3 Å². The zero-order chi connectivity index (χ0) is 12.9. The van der Waals surface area contributed by atoms with Crippen LogP contribution in [-0.2, 0) is 0 Å². The van der Waals surface area contributed by atoms with Crippen molar-refractivity contribution in [1.29, 1.82) is 0 Å². The van der Waals surface area contributed by atoms with E-state index in [2.05, 4.69) is 10.2 Å². The minimum atomic E-state index is -4.00. The molecule has 2 atom stereocenters. The van der Waals surface area contributed by atoms with Gasteiger partial charge in [-0.05, 0) is 46.2 Å². The average molecular weight is 252 g/mol. The molecule has 5 heteroatoms. The second-order valence-electron chi connectivity index (χ2n) is 4.98. The van der Waals surface area contributed by atoms with Crippen molar-refractivity contribution in [3.8, 4) is 0 Å². The van der Waals surface area contributed by atoms with E-state index in [1.807, 2.05) is 14.0 Å². The second kappa shape index (κ2) is 6.59. The van der Waals surface area contributed by atoms with Gasteiger partial charge in [-0.1, -0.05) is 0 Å². The molecule has 1 N–H and O–H groups in total. The summed E-state index contributed by atoms with van der Waals surface area (Å²) in [5, 5.41) is 3.25. The number of likely N-dealkylation sites (N-methyl/N-ethyl adjacent to an activating group) is 1. The molecule has 0 bridgehead atoms. The molecule has 0 saturated carbocycles. The topological polar surface area (TPSA) is 15.3 Å². The van der Waals surface area contributed by atoms with Crippen LogP contribution in [0, 0.1) is 0 Å². The molecule has 102 valence electrons. The third kappa shape index (κ3) is 5.73. The molecule has 1 rings (SSSR count). The predicted octanol–water partition coefficient (Wildman–Crippen LogP) is 2.79. The fourth-order valence-electron chi connectivity index (χ4n) is 2.42. The van der Waals surface area contributed by atoms with Gasteiger partial charge in [-0.15, -0.1) is 0 Å². The van der Waals surface area contributed by atoms with Gasteiger partial charge in [-0.25, -0.2) is 0 Å². The SMILES string of the molecule is CNC1CCCN(C(C)CCCC(F)(F)F)C1. The Bertz CT molecular complexity index is 218. The number of halogens is 3. The molecular weight excluding hydrogens is 229 g/mol. The smallest absolute Gasteiger partial charge is 0.316 e. The van der Waals surface area contributed by atoms with E-state index in [1.165, 1.54) is 6.42 Å². The van der Waals surface area contributed by atoms with E-state index in [9.17, 15) is 13.2 Å². The van der Waals surface area contributed by atoms with Gasteiger partial charge < -0.3 is 5.32 Å². The maximum Gasteiger partial charge on any atom is 0.389 e. The molecule has 0 aliphatic carbocycles. The number of rotatable bonds is 5. The summed E-state index contributed by atoms with van der Waals surface area (Å²) < 4.78 is 36.1. The number of likely N-dealkylation sites (tertiary alicyclic amines) is 1. The van der Waals surface area contributed by atoms with E-state index >= 15 is 0 Å². The van der Waals surface area contributed by atoms with Gasteiger partial charge in [0.15, 0.2) is 0 Å². The van der Waals surface area contributed by atoms with Crippen LogP contribution in [0.15, 0.2) is 0 Å². The lowest BCUT2D eigenvalue weighted by molar-refractivity contribution is -0.136. The first-order valence-electron chi connectivity index (χ1n) is 6.40. The monoisotopic (exact) mass is 252 g/mol. The molecule has 0 aromatic carbocycles. The highest BCUT2D eigenvalue weighted by Crippen LogP contribution is 2.24. The Morgan fingerprint density at radius 2 is 2.12 bits per heavy atom. The third-order valence-electron chi connectivity index (χ3n) is 3.57. The van der Waals surface area contributed by atoms with Crippen LogP contribution in [0.25, 0.3) is 0 Å². The lowest BCUT2D eigenvalue weighted by Crippen LogP contribution is -2.47. The standard InChI is InChI=1S/C12H23F3N2/c1-10(5-3-7-12(13,14)15)17-8-4-6-11(9-17)16-2/h10-11,16H,3-9H2,1-2H3. The molecule has 0 radical (unpaired) electrons. The minimum absolute atomic E-state index is 0.241. The van der Waals surface area contributed by atoms with Crippen molar-refractivity contribution in [3.05, 3.63) is 0 Å². The molecule has 0 aromatic heterocycles. The number of piperidine rings is 1. The van der Waals surface area contributed by atoms with Gasteiger partial charge in [0.05, 0.1) is 0 Å². The minimum Gasteiger partial charge on any atom is -0.316 e. The third-order valence-corrected chi connectivity index (χ3v) is 3.57. The van der Waals surface area contributed by atoms with Gasteiger partial charge in [-0.3, -0.25) is 4.90 Å². The van der Waals surface area contributed by atoms with Gasteiger partial charge in [0.1, 0.15) is 0 Å². The highest BCUT2D eigenvalue weighted by molar-refractivity contribution is 4.80. The first-order valence-corrected chi connectivity index (χ1v) is 6.40. The summed E-state index contributed by atoms with van der Waals surface area (Å²) in [6.45, 7) is 4.02. The van der Waals surface area contributed by atoms with Gasteiger partial charge in [0, 0.05) is 25.0 Å². The molecule has 17 heavy (non-hydrogen) atoms. The van der Waals surface area contributed by atoms with Crippen LogP contribution in [0.5, 0.6) is 0 Å². The zero-order valence-corrected chi connectivity index (χ0v) is 10.7. The maximum absolute atomic E-state index is 12.0. The van der Waals surface area contributed by atoms with E-state index in [1.54, 1.807) is 0 Å². The fourth-order valence-corrected chi connectivity index (χ4v) is 2.42. The van der Waals surface area contributed by atoms with Crippen LogP contribution < -0.4 is 5.32 Å². The quantitative estimate of drug-likeness (QED) is 0.809. The Hall–Kier alpha value is -0.290. The summed E-state index contributed by atoms with van der Waals surface area (Å²) in [4.78, 5) is 2.31. The van der Waals surface area contributed by atoms with Crippen LogP contribution in [0.4, 0.5) is 13.2 Å². The Labute approximate surface area is 102 Å². The van der Waals surface area contributed by atoms with E-state index in [4.69, 9.17) is 0 Å². The normalized spacial score (nSPS) is 24.9. The van der Waals surface area contributed by atoms with Crippen molar-refractivity contribution >= 4 is 0 Å². The number of alkyl halides is 3. The molecule has 0 amide bonds. The molecule has 1 aliphatic heterocycles. The highest BCUT2D eigenvalue weighted by Gasteiger charge is 2.27. The van der Waals surface area contributed by atoms with Crippen molar-refractivity contribution in [3.63, 3.8) is 0 Å². The second-order valence-corrected chi connectivity index (χ2v) is 4.98. The fraction of sp³-hybridized carbons (Fsp3) is 1.00. The molecule has 2 nitrogen and oxygen atoms in total. The zero-order valence-electron chi connectivity index (χ0n) is 10.7. The summed E-state index contributed by atoms with van der Waals surface area (Å²) in [7, 11) is 1.95. The lowest BCUT2D eigenvalue weighted by Gasteiger charge is -2.36. The van der Waals surface area contributed by atoms with E-state index in [0.717, 1.165) is 19.5 Å². The van der Waals surface area contributed by atoms with E-state index in [-0.39, 0.29) is 12.5 Å². The maximum atomic E-state index is 12.0. The van der Waals surface area contributed by atoms with Crippen molar-refractivity contribution in [2.24, 2.45) is 0 Å². The molecule has 1 aliphatic rings. The van der Waals surface area contributed by atoms with Crippen molar-refractivity contribution in [2.45, 2.75) is 57.3 Å². The van der Waals surface area contributed by atoms with Crippen molar-refractivity contribution < 1.29 is 13.2 Å². The predicted molar refractivity (Wildman–Crippen MR) is 63.0 cm³/mol. The van der Waals surface area contributed by atoms with E-state index in [0.29, 0.717) is 12.5 Å². The lowest BCUT2D eigenvalue weighted by atomic mass is 10.0. The Kier molecular flexibility index (Phi) is 5.73. The van der Waals surface area contributed by atoms with Crippen LogP contribution in [0.2, 0.25) is 0 Å². The largest absolute Gasteiger partial charge is 0.389 e. The Balaban J connectivity index is 2.24.